The smallest absolute Gasteiger partial charge is 0.355 e. The van der Waals surface area contributed by atoms with Crippen LogP contribution in [0.3, 0.4) is 0 Å². The van der Waals surface area contributed by atoms with E-state index < -0.39 is 5.97 Å². The highest BCUT2D eigenvalue weighted by atomic mass is 32.1. The van der Waals surface area contributed by atoms with Crippen LogP contribution in [0.25, 0.3) is 21.3 Å². The Kier molecular flexibility index (Phi) is 10.8. The average molecular weight is 850 g/mol. The molecule has 3 N–H and O–H groups in total. The first-order chi connectivity index (χ1) is 29.2. The van der Waals surface area contributed by atoms with Crippen molar-refractivity contribution in [3.63, 3.8) is 0 Å². The number of hydrogen-bond donors (Lipinski definition) is 3. The summed E-state index contributed by atoms with van der Waals surface area (Å²) in [5.74, 6) is 1.52. The third-order valence-corrected chi connectivity index (χ3v) is 14.9. The van der Waals surface area contributed by atoms with E-state index in [0.717, 1.165) is 121 Å². The van der Waals surface area contributed by atoms with Gasteiger partial charge < -0.3 is 34.8 Å². The number of aliphatic hydroxyl groups is 1. The predicted molar refractivity (Wildman–Crippen MR) is 238 cm³/mol. The second-order valence-corrected chi connectivity index (χ2v) is 20.4. The zero-order valence-corrected chi connectivity index (χ0v) is 37.2. The van der Waals surface area contributed by atoms with Crippen molar-refractivity contribution in [3.8, 4) is 16.9 Å². The van der Waals surface area contributed by atoms with Crippen LogP contribution < -0.4 is 15.0 Å². The second-order valence-electron chi connectivity index (χ2n) is 19.3. The number of fused-ring (bicyclic) bond motifs is 2. The molecule has 4 fully saturated rings. The summed E-state index contributed by atoms with van der Waals surface area (Å²) in [5.41, 5.74) is 5.44. The maximum absolute atomic E-state index is 13.0. The largest absolute Gasteiger partial charge is 0.497 e. The van der Waals surface area contributed by atoms with Crippen LogP contribution >= 0.6 is 11.3 Å². The number of thiazole rings is 1. The summed E-state index contributed by atoms with van der Waals surface area (Å²) in [6.45, 7) is 13.2. The van der Waals surface area contributed by atoms with Gasteiger partial charge in [-0.1, -0.05) is 25.2 Å². The first kappa shape index (κ1) is 41.6. The van der Waals surface area contributed by atoms with Gasteiger partial charge in [-0.2, -0.15) is 5.10 Å². The number of ether oxygens (including phenoxy) is 2. The molecule has 5 aromatic rings. The molecule has 1 aliphatic heterocycles. The molecule has 0 amide bonds. The fourth-order valence-corrected chi connectivity index (χ4v) is 13.3. The van der Waals surface area contributed by atoms with Gasteiger partial charge in [0.05, 0.1) is 35.7 Å². The average Bonchev–Trinajstić information content (AvgIpc) is 3.78. The number of likely N-dealkylation sites (N-methyl/N-ethyl adjacent to an activating group) is 1. The number of nitrogens with one attached hydrogen (secondary N) is 1. The topological polar surface area (TPSA) is 164 Å². The quantitative estimate of drug-likeness (QED) is 0.0813. The zero-order valence-electron chi connectivity index (χ0n) is 36.4. The fraction of sp³-hybridized carbons (Fsp3) is 0.565. The van der Waals surface area contributed by atoms with Crippen molar-refractivity contribution in [2.45, 2.75) is 104 Å². The molecule has 14 nitrogen and oxygen atoms in total. The van der Waals surface area contributed by atoms with Crippen LogP contribution in [-0.4, -0.2) is 104 Å². The zero-order chi connectivity index (χ0) is 42.7. The van der Waals surface area contributed by atoms with Crippen LogP contribution in [0.4, 0.5) is 22.6 Å². The summed E-state index contributed by atoms with van der Waals surface area (Å²) in [6.07, 6.45) is 12.0. The monoisotopic (exact) mass is 849 g/mol. The van der Waals surface area contributed by atoms with Crippen LogP contribution in [0.2, 0.25) is 0 Å². The highest BCUT2D eigenvalue weighted by Crippen LogP contribution is 2.72. The Morgan fingerprint density at radius 2 is 1.79 bits per heavy atom. The van der Waals surface area contributed by atoms with Crippen molar-refractivity contribution in [2.75, 3.05) is 57.2 Å². The highest BCUT2D eigenvalue weighted by Gasteiger charge is 2.66. The van der Waals surface area contributed by atoms with Crippen LogP contribution in [-0.2, 0) is 17.7 Å². The molecule has 4 saturated carbocycles. The van der Waals surface area contributed by atoms with Crippen molar-refractivity contribution in [1.29, 1.82) is 0 Å². The van der Waals surface area contributed by atoms with Gasteiger partial charge in [-0.25, -0.2) is 14.8 Å². The number of nitrogens with zero attached hydrogens (tertiary/aromatic N) is 8. The lowest BCUT2D eigenvalue weighted by Gasteiger charge is -2.69. The first-order valence-electron chi connectivity index (χ1n) is 21.8. The molecule has 15 heteroatoms. The number of carboxylic acid groups (broad SMARTS) is 1. The van der Waals surface area contributed by atoms with Crippen molar-refractivity contribution >= 4 is 50.1 Å². The number of aliphatic hydroxyl groups excluding tert-OH is 1. The molecule has 4 aromatic heterocycles. The van der Waals surface area contributed by atoms with Crippen molar-refractivity contribution < 1.29 is 24.5 Å². The van der Waals surface area contributed by atoms with E-state index in [9.17, 15) is 15.0 Å². The molecule has 0 spiro atoms. The maximum atomic E-state index is 13.0. The maximum Gasteiger partial charge on any atom is 0.355 e. The molecular weight excluding hydrogens is 791 g/mol. The molecule has 5 heterocycles. The van der Waals surface area contributed by atoms with Gasteiger partial charge in [0.2, 0.25) is 0 Å². The number of methoxy groups -OCH3 is 1. The number of carbonyl (C=O) groups is 1. The number of rotatable bonds is 16. The Bertz CT molecular complexity index is 2450. The number of carboxylic acids is 1. The standard InChI is InChI=1S/C46H59N9O5S/c1-29-32-10-9-16-54(40(32)52-51-39(29)50-42-48-35-20-31(59-6)11-13-36(35)61-42)37-14-12-33(38(49-37)41(57)58)34-21-47-55(30(34)2)28-45-23-43(3)22-44(4,24-45)26-46(25-43,27-45)60-19-17-53(5)15-7-8-18-56/h11-14,20-21,56H,7-10,15-19,22-28H2,1-6H3,(H,57,58)(H,48,50,51). The Morgan fingerprint density at radius 3 is 2.54 bits per heavy atom. The van der Waals surface area contributed by atoms with E-state index in [4.69, 9.17) is 24.5 Å². The minimum Gasteiger partial charge on any atom is -0.497 e. The lowest BCUT2D eigenvalue weighted by Crippen LogP contribution is -2.64. The van der Waals surface area contributed by atoms with E-state index in [2.05, 4.69) is 52.9 Å². The van der Waals surface area contributed by atoms with Crippen LogP contribution in [0.5, 0.6) is 5.75 Å². The van der Waals surface area contributed by atoms with Gasteiger partial charge in [-0.05, 0) is 132 Å². The molecule has 0 radical (unpaired) electrons. The Morgan fingerprint density at radius 1 is 0.984 bits per heavy atom. The lowest BCUT2D eigenvalue weighted by atomic mass is 9.39. The number of unbranched alkanes of at least 4 members (excludes halogenated alkanes) is 1. The van der Waals surface area contributed by atoms with Gasteiger partial charge in [-0.3, -0.25) is 4.68 Å². The number of pyridine rings is 1. The minimum atomic E-state index is -1.09. The van der Waals surface area contributed by atoms with Gasteiger partial charge in [-0.15, -0.1) is 10.2 Å². The number of aromatic nitrogens is 6. The molecule has 61 heavy (non-hydrogen) atoms. The minimum absolute atomic E-state index is 0.00813. The van der Waals surface area contributed by atoms with Crippen LogP contribution in [0, 0.1) is 30.1 Å². The summed E-state index contributed by atoms with van der Waals surface area (Å²) >= 11 is 1.54. The summed E-state index contributed by atoms with van der Waals surface area (Å²) < 4.78 is 15.5. The first-order valence-corrected chi connectivity index (χ1v) is 22.6. The fourth-order valence-electron chi connectivity index (χ4n) is 12.5. The molecule has 4 bridgehead atoms. The van der Waals surface area contributed by atoms with Crippen LogP contribution in [0.1, 0.15) is 98.9 Å². The molecule has 2 atom stereocenters. The van der Waals surface area contributed by atoms with Crippen molar-refractivity contribution in [1.82, 2.24) is 34.8 Å². The summed E-state index contributed by atoms with van der Waals surface area (Å²) in [6, 6.07) is 9.62. The molecule has 1 aromatic carbocycles. The summed E-state index contributed by atoms with van der Waals surface area (Å²) in [4.78, 5) is 26.8. The molecule has 4 aliphatic carbocycles. The molecule has 324 valence electrons. The number of anilines is 4. The van der Waals surface area contributed by atoms with E-state index in [1.54, 1.807) is 18.4 Å². The highest BCUT2D eigenvalue weighted by molar-refractivity contribution is 7.22. The van der Waals surface area contributed by atoms with E-state index in [1.807, 2.05) is 48.4 Å². The third kappa shape index (κ3) is 7.98. The number of aromatic carboxylic acids is 1. The summed E-state index contributed by atoms with van der Waals surface area (Å²) in [7, 11) is 3.79. The SMILES string of the molecule is COc1ccc2sc(Nc3nnc4c(c3C)CCCN4c3ccc(-c4cnn(CC56CC7(C)CC(C)(C5)CC(OCCN(C)CCCCO)(C7)C6)c4C)c(C(=O)O)n3)nc2c1. The van der Waals surface area contributed by atoms with E-state index in [0.29, 0.717) is 36.2 Å². The number of hydrogen-bond acceptors (Lipinski definition) is 13. The molecular formula is C46H59N9O5S. The second kappa shape index (κ2) is 15.9. The molecule has 2 unspecified atom stereocenters. The summed E-state index contributed by atoms with van der Waals surface area (Å²) in [5, 5.41) is 38.2. The third-order valence-electron chi connectivity index (χ3n) is 13.9. The van der Waals surface area contributed by atoms with E-state index in [1.165, 1.54) is 6.42 Å². The Hall–Kier alpha value is -4.70. The van der Waals surface area contributed by atoms with Crippen LogP contribution in [0.15, 0.2) is 36.5 Å². The molecule has 0 saturated heterocycles. The van der Waals surface area contributed by atoms with Gasteiger partial charge in [0.25, 0.3) is 0 Å². The van der Waals surface area contributed by atoms with Crippen molar-refractivity contribution in [2.24, 2.45) is 16.2 Å². The van der Waals surface area contributed by atoms with E-state index >= 15 is 0 Å². The Balaban J connectivity index is 0.943. The normalized spacial score (nSPS) is 25.4. The van der Waals surface area contributed by atoms with Gasteiger partial charge in [0.15, 0.2) is 22.5 Å². The molecule has 5 aliphatic rings. The van der Waals surface area contributed by atoms with Gasteiger partial charge in [0.1, 0.15) is 11.6 Å². The number of benzene rings is 1. The van der Waals surface area contributed by atoms with Gasteiger partial charge >= 0.3 is 5.97 Å². The lowest BCUT2D eigenvalue weighted by molar-refractivity contribution is -0.248. The predicted octanol–water partition coefficient (Wildman–Crippen LogP) is 8.34. The van der Waals surface area contributed by atoms with Crippen molar-refractivity contribution in [3.05, 3.63) is 59.0 Å². The molecule has 10 rings (SSSR count). The van der Waals surface area contributed by atoms with Gasteiger partial charge in [0, 0.05) is 60.3 Å². The Labute approximate surface area is 361 Å². The van der Waals surface area contributed by atoms with E-state index in [-0.39, 0.29) is 34.1 Å².